The molecule has 0 aliphatic rings. The van der Waals surface area contributed by atoms with E-state index in [-0.39, 0.29) is 11.9 Å². The number of aromatic nitrogens is 2. The van der Waals surface area contributed by atoms with Gasteiger partial charge in [-0.3, -0.25) is 10.1 Å². The van der Waals surface area contributed by atoms with Crippen molar-refractivity contribution in [2.75, 3.05) is 11.9 Å². The summed E-state index contributed by atoms with van der Waals surface area (Å²) in [6.07, 6.45) is 2.21. The Morgan fingerprint density at radius 3 is 3.12 bits per heavy atom. The molecule has 8 heteroatoms. The van der Waals surface area contributed by atoms with Crippen LogP contribution in [0.15, 0.2) is 41.0 Å². The minimum Gasteiger partial charge on any atom is -0.464 e. The standard InChI is InChI=1S/C17H14N4O3S/c1-2-6-23-16-20-17(25-21-16)19-15(22)13-8-14(24-10-13)12-5-3-4-11(7-12)9-18/h3-5,7-8,10H,2,6H2,1H3,(H,19,20,21,22). The number of amides is 1. The first kappa shape index (κ1) is 16.7. The van der Waals surface area contributed by atoms with Gasteiger partial charge in [-0.1, -0.05) is 19.1 Å². The maximum absolute atomic E-state index is 12.3. The lowest BCUT2D eigenvalue weighted by atomic mass is 10.1. The molecule has 0 unspecified atom stereocenters. The Hall–Kier alpha value is -3.18. The molecule has 126 valence electrons. The van der Waals surface area contributed by atoms with E-state index in [9.17, 15) is 4.79 Å². The molecular weight excluding hydrogens is 340 g/mol. The first-order valence-electron chi connectivity index (χ1n) is 7.56. The fourth-order valence-electron chi connectivity index (χ4n) is 2.03. The number of carbonyl (C=O) groups is 1. The largest absolute Gasteiger partial charge is 0.464 e. The summed E-state index contributed by atoms with van der Waals surface area (Å²) in [5.74, 6) is 0.149. The molecule has 0 spiro atoms. The SMILES string of the molecule is CCCOc1nsc(NC(=O)c2coc(-c3cccc(C#N)c3)c2)n1. The van der Waals surface area contributed by atoms with Crippen LogP contribution in [0.5, 0.6) is 6.01 Å². The van der Waals surface area contributed by atoms with E-state index in [4.69, 9.17) is 14.4 Å². The maximum Gasteiger partial charge on any atom is 0.330 e. The fourth-order valence-corrected chi connectivity index (χ4v) is 2.55. The van der Waals surface area contributed by atoms with Crippen LogP contribution in [0.1, 0.15) is 29.3 Å². The third-order valence-corrected chi connectivity index (χ3v) is 3.81. The Morgan fingerprint density at radius 2 is 2.32 bits per heavy atom. The van der Waals surface area contributed by atoms with Crippen molar-refractivity contribution in [3.63, 3.8) is 0 Å². The van der Waals surface area contributed by atoms with Crippen LogP contribution in [0, 0.1) is 11.3 Å². The second-order valence-corrected chi connectivity index (χ2v) is 5.83. The molecule has 0 atom stereocenters. The highest BCUT2D eigenvalue weighted by Crippen LogP contribution is 2.24. The molecular formula is C17H14N4O3S. The van der Waals surface area contributed by atoms with E-state index in [0.29, 0.717) is 28.6 Å². The molecule has 2 heterocycles. The Morgan fingerprint density at radius 1 is 1.44 bits per heavy atom. The highest BCUT2D eigenvalue weighted by atomic mass is 32.1. The maximum atomic E-state index is 12.3. The monoisotopic (exact) mass is 354 g/mol. The summed E-state index contributed by atoms with van der Waals surface area (Å²) in [6.45, 7) is 2.51. The van der Waals surface area contributed by atoms with Crippen molar-refractivity contribution in [2.45, 2.75) is 13.3 Å². The molecule has 0 bridgehead atoms. The van der Waals surface area contributed by atoms with Crippen LogP contribution >= 0.6 is 11.5 Å². The number of ether oxygens (including phenoxy) is 1. The Kier molecular flexibility index (Phi) is 5.06. The minimum atomic E-state index is -0.357. The summed E-state index contributed by atoms with van der Waals surface area (Å²) in [5, 5.41) is 12.0. The molecule has 0 aliphatic carbocycles. The number of nitriles is 1. The molecule has 1 N–H and O–H groups in total. The van der Waals surface area contributed by atoms with Crippen LogP contribution in [0.3, 0.4) is 0 Å². The number of anilines is 1. The van der Waals surface area contributed by atoms with Gasteiger partial charge in [0.05, 0.1) is 23.8 Å². The molecule has 3 rings (SSSR count). The Labute approximate surface area is 148 Å². The molecule has 7 nitrogen and oxygen atoms in total. The number of nitrogens with zero attached hydrogens (tertiary/aromatic N) is 3. The van der Waals surface area contributed by atoms with Crippen LogP contribution in [-0.4, -0.2) is 21.9 Å². The van der Waals surface area contributed by atoms with E-state index in [1.54, 1.807) is 24.3 Å². The molecule has 25 heavy (non-hydrogen) atoms. The van der Waals surface area contributed by atoms with Crippen molar-refractivity contribution in [1.82, 2.24) is 9.36 Å². The van der Waals surface area contributed by atoms with Crippen molar-refractivity contribution in [2.24, 2.45) is 0 Å². The van der Waals surface area contributed by atoms with Crippen LogP contribution in [0.25, 0.3) is 11.3 Å². The second kappa shape index (κ2) is 7.59. The number of rotatable bonds is 6. The van der Waals surface area contributed by atoms with E-state index in [1.807, 2.05) is 13.0 Å². The van der Waals surface area contributed by atoms with Gasteiger partial charge in [-0.05, 0) is 24.6 Å². The molecule has 0 fully saturated rings. The van der Waals surface area contributed by atoms with E-state index in [2.05, 4.69) is 20.7 Å². The molecule has 0 saturated carbocycles. The zero-order valence-corrected chi connectivity index (χ0v) is 14.2. The van der Waals surface area contributed by atoms with Crippen LogP contribution in [-0.2, 0) is 0 Å². The zero-order chi connectivity index (χ0) is 17.6. The van der Waals surface area contributed by atoms with Gasteiger partial charge in [0.1, 0.15) is 12.0 Å². The van der Waals surface area contributed by atoms with Crippen molar-refractivity contribution < 1.29 is 13.9 Å². The van der Waals surface area contributed by atoms with Crippen molar-refractivity contribution in [3.05, 3.63) is 47.7 Å². The molecule has 0 saturated heterocycles. The lowest BCUT2D eigenvalue weighted by molar-refractivity contribution is 0.102. The highest BCUT2D eigenvalue weighted by molar-refractivity contribution is 7.10. The first-order chi connectivity index (χ1) is 12.2. The number of benzene rings is 1. The van der Waals surface area contributed by atoms with Crippen molar-refractivity contribution in [3.8, 4) is 23.4 Å². The lowest BCUT2D eigenvalue weighted by Crippen LogP contribution is -2.10. The van der Waals surface area contributed by atoms with Crippen LogP contribution in [0.4, 0.5) is 5.13 Å². The average molecular weight is 354 g/mol. The predicted octanol–water partition coefficient (Wildman–Crippen LogP) is 3.71. The van der Waals surface area contributed by atoms with Crippen molar-refractivity contribution >= 4 is 22.6 Å². The summed E-state index contributed by atoms with van der Waals surface area (Å²) in [7, 11) is 0. The fraction of sp³-hybridized carbons (Fsp3) is 0.176. The van der Waals surface area contributed by atoms with E-state index in [0.717, 1.165) is 23.5 Å². The molecule has 3 aromatic rings. The van der Waals surface area contributed by atoms with Crippen LogP contribution in [0.2, 0.25) is 0 Å². The van der Waals surface area contributed by atoms with Gasteiger partial charge in [0.25, 0.3) is 5.91 Å². The average Bonchev–Trinajstić information content (AvgIpc) is 3.29. The van der Waals surface area contributed by atoms with Gasteiger partial charge < -0.3 is 9.15 Å². The number of hydrogen-bond donors (Lipinski definition) is 1. The summed E-state index contributed by atoms with van der Waals surface area (Å²) < 4.78 is 14.8. The van der Waals surface area contributed by atoms with Gasteiger partial charge >= 0.3 is 6.01 Å². The third kappa shape index (κ3) is 4.02. The third-order valence-electron chi connectivity index (χ3n) is 3.20. The highest BCUT2D eigenvalue weighted by Gasteiger charge is 2.14. The Balaban J connectivity index is 1.70. The second-order valence-electron chi connectivity index (χ2n) is 5.08. The van der Waals surface area contributed by atoms with Gasteiger partial charge in [0, 0.05) is 17.1 Å². The van der Waals surface area contributed by atoms with Gasteiger partial charge in [-0.15, -0.1) is 4.37 Å². The van der Waals surface area contributed by atoms with E-state index in [1.165, 1.54) is 6.26 Å². The van der Waals surface area contributed by atoms with E-state index < -0.39 is 0 Å². The van der Waals surface area contributed by atoms with Gasteiger partial charge in [-0.25, -0.2) is 0 Å². The summed E-state index contributed by atoms with van der Waals surface area (Å²) in [5.41, 5.74) is 1.60. The number of carbonyl (C=O) groups excluding carboxylic acids is 1. The number of furan rings is 1. The smallest absolute Gasteiger partial charge is 0.330 e. The van der Waals surface area contributed by atoms with Crippen molar-refractivity contribution in [1.29, 1.82) is 5.26 Å². The van der Waals surface area contributed by atoms with Gasteiger partial charge in [-0.2, -0.15) is 10.2 Å². The minimum absolute atomic E-state index is 0.253. The predicted molar refractivity (Wildman–Crippen MR) is 92.5 cm³/mol. The van der Waals surface area contributed by atoms with Gasteiger partial charge in [0.2, 0.25) is 5.13 Å². The first-order valence-corrected chi connectivity index (χ1v) is 8.34. The van der Waals surface area contributed by atoms with E-state index >= 15 is 0 Å². The quantitative estimate of drug-likeness (QED) is 0.724. The molecule has 1 aromatic carbocycles. The summed E-state index contributed by atoms with van der Waals surface area (Å²) in [4.78, 5) is 16.4. The number of nitrogens with one attached hydrogen (secondary N) is 1. The number of hydrogen-bond acceptors (Lipinski definition) is 7. The van der Waals surface area contributed by atoms with Gasteiger partial charge in [0.15, 0.2) is 0 Å². The zero-order valence-electron chi connectivity index (χ0n) is 13.4. The topological polar surface area (TPSA) is 101 Å². The summed E-state index contributed by atoms with van der Waals surface area (Å²) >= 11 is 1.05. The van der Waals surface area contributed by atoms with Crippen LogP contribution < -0.4 is 10.1 Å². The Bertz CT molecular complexity index is 926. The summed E-state index contributed by atoms with van der Waals surface area (Å²) in [6, 6.07) is 10.9. The molecule has 0 radical (unpaired) electrons. The lowest BCUT2D eigenvalue weighted by Gasteiger charge is -1.98. The molecule has 0 aliphatic heterocycles. The molecule has 2 aromatic heterocycles. The molecule has 1 amide bonds. The normalized spacial score (nSPS) is 10.2.